The predicted octanol–water partition coefficient (Wildman–Crippen LogP) is 3.58. The van der Waals surface area contributed by atoms with E-state index in [9.17, 15) is 27.9 Å². The summed E-state index contributed by atoms with van der Waals surface area (Å²) in [5.74, 6) is -2.01. The van der Waals surface area contributed by atoms with Crippen molar-refractivity contribution in [3.8, 4) is 17.6 Å². The van der Waals surface area contributed by atoms with E-state index in [-0.39, 0.29) is 34.0 Å². The minimum atomic E-state index is -5.02. The molecule has 0 saturated heterocycles. The van der Waals surface area contributed by atoms with Gasteiger partial charge in [0.1, 0.15) is 5.75 Å². The fourth-order valence-electron chi connectivity index (χ4n) is 2.80. The highest BCUT2D eigenvalue weighted by atomic mass is 35.5. The molecule has 0 fully saturated rings. The van der Waals surface area contributed by atoms with Crippen molar-refractivity contribution in [2.24, 2.45) is 0 Å². The molecule has 0 atom stereocenters. The van der Waals surface area contributed by atoms with Crippen molar-refractivity contribution in [3.63, 3.8) is 0 Å². The van der Waals surface area contributed by atoms with Gasteiger partial charge in [-0.05, 0) is 43.7 Å². The molecule has 2 aromatic rings. The number of rotatable bonds is 7. The number of amides is 1. The second kappa shape index (κ2) is 10.1. The Morgan fingerprint density at radius 2 is 2.03 bits per heavy atom. The smallest absolute Gasteiger partial charge is 0.437 e. The van der Waals surface area contributed by atoms with Gasteiger partial charge in [0.15, 0.2) is 5.69 Å². The Bertz CT molecular complexity index is 1250. The van der Waals surface area contributed by atoms with Gasteiger partial charge in [0, 0.05) is 17.6 Å². The number of carbonyl (C=O) groups excluding carboxylic acids is 1. The first-order chi connectivity index (χ1) is 15.7. The molecule has 1 aromatic heterocycles. The minimum Gasteiger partial charge on any atom is -0.449 e. The average Bonchev–Trinajstić information content (AvgIpc) is 2.72. The van der Waals surface area contributed by atoms with E-state index in [1.165, 1.54) is 33.0 Å². The topological polar surface area (TPSA) is 117 Å². The quantitative estimate of drug-likeness (QED) is 0.447. The predicted molar refractivity (Wildman–Crippen MR) is 117 cm³/mol. The van der Waals surface area contributed by atoms with Crippen LogP contribution in [-0.2, 0) is 17.5 Å². The molecule has 0 saturated carbocycles. The van der Waals surface area contributed by atoms with Crippen LogP contribution < -0.4 is 15.6 Å². The van der Waals surface area contributed by atoms with E-state index in [1.807, 2.05) is 0 Å². The number of halogens is 4. The molecule has 12 heteroatoms. The molecule has 1 heterocycles. The molecule has 1 aromatic carbocycles. The zero-order chi connectivity index (χ0) is 25.8. The maximum Gasteiger partial charge on any atom is 0.437 e. The summed E-state index contributed by atoms with van der Waals surface area (Å²) in [6, 6.07) is 5.30. The summed E-state index contributed by atoms with van der Waals surface area (Å²) in [6.45, 7) is 6.07. The monoisotopic (exact) mass is 496 g/mol. The summed E-state index contributed by atoms with van der Waals surface area (Å²) < 4.78 is 46.5. The standard InChI is InChI=1S/C22H20ClF3N4O4/c1-12(5-16(19(31)28-4)21(2,3)33)10-30-11-29-18(22(24,25)26)17(20(30)32)34-15-7-13(9-27)6-14(23)8-15/h5-8,11,33H,1,10H2,2-4H3,(H,28,31)/b16-5+. The number of ether oxygens (including phenoxy) is 1. The first kappa shape index (κ1) is 26.6. The van der Waals surface area contributed by atoms with Gasteiger partial charge >= 0.3 is 6.18 Å². The van der Waals surface area contributed by atoms with E-state index in [4.69, 9.17) is 21.6 Å². The van der Waals surface area contributed by atoms with Crippen molar-refractivity contribution in [1.82, 2.24) is 14.9 Å². The number of nitrogens with zero attached hydrogens (tertiary/aromatic N) is 3. The van der Waals surface area contributed by atoms with Crippen LogP contribution in [0.15, 0.2) is 53.1 Å². The number of aliphatic hydroxyl groups is 1. The van der Waals surface area contributed by atoms with Crippen LogP contribution in [0.5, 0.6) is 11.5 Å². The normalized spacial score (nSPS) is 12.1. The van der Waals surface area contributed by atoms with E-state index in [0.29, 0.717) is 6.33 Å². The summed E-state index contributed by atoms with van der Waals surface area (Å²) >= 11 is 5.86. The van der Waals surface area contributed by atoms with E-state index >= 15 is 0 Å². The SMILES string of the molecule is C=C(/C=C(\C(=O)NC)C(C)(C)O)Cn1cnc(C(F)(F)F)c(Oc2cc(Cl)cc(C#N)c2)c1=O. The summed E-state index contributed by atoms with van der Waals surface area (Å²) in [6.07, 6.45) is -3.13. The van der Waals surface area contributed by atoms with Crippen LogP contribution >= 0.6 is 11.6 Å². The number of hydrogen-bond donors (Lipinski definition) is 2. The average molecular weight is 497 g/mol. The van der Waals surface area contributed by atoms with Crippen molar-refractivity contribution >= 4 is 17.5 Å². The van der Waals surface area contributed by atoms with Gasteiger partial charge in [-0.1, -0.05) is 18.2 Å². The van der Waals surface area contributed by atoms with Gasteiger partial charge in [-0.2, -0.15) is 18.4 Å². The molecule has 0 bridgehead atoms. The Morgan fingerprint density at radius 3 is 2.56 bits per heavy atom. The Balaban J connectivity index is 2.55. The van der Waals surface area contributed by atoms with Crippen LogP contribution in [0.2, 0.25) is 5.02 Å². The van der Waals surface area contributed by atoms with E-state index < -0.39 is 34.7 Å². The zero-order valence-corrected chi connectivity index (χ0v) is 19.1. The van der Waals surface area contributed by atoms with Gasteiger partial charge in [0.05, 0.1) is 30.1 Å². The number of benzene rings is 1. The highest BCUT2D eigenvalue weighted by molar-refractivity contribution is 6.30. The second-order valence-electron chi connectivity index (χ2n) is 7.60. The van der Waals surface area contributed by atoms with Crippen LogP contribution in [0.3, 0.4) is 0 Å². The molecule has 34 heavy (non-hydrogen) atoms. The summed E-state index contributed by atoms with van der Waals surface area (Å²) in [5, 5.41) is 21.6. The maximum absolute atomic E-state index is 13.5. The van der Waals surface area contributed by atoms with Crippen molar-refractivity contribution in [1.29, 1.82) is 5.26 Å². The molecule has 0 aliphatic rings. The van der Waals surface area contributed by atoms with Crippen molar-refractivity contribution in [2.45, 2.75) is 32.2 Å². The number of alkyl halides is 3. The molecule has 0 aliphatic heterocycles. The molecule has 180 valence electrons. The Kier molecular flexibility index (Phi) is 7.92. The molecule has 2 N–H and O–H groups in total. The number of hydrogen-bond acceptors (Lipinski definition) is 6. The van der Waals surface area contributed by atoms with Crippen molar-refractivity contribution < 1.29 is 27.8 Å². The van der Waals surface area contributed by atoms with Crippen LogP contribution in [0.1, 0.15) is 25.1 Å². The number of carbonyl (C=O) groups is 1. The van der Waals surface area contributed by atoms with Crippen molar-refractivity contribution in [3.05, 3.63) is 75.0 Å². The Morgan fingerprint density at radius 1 is 1.38 bits per heavy atom. The number of allylic oxidation sites excluding steroid dienone is 2. The molecule has 1 amide bonds. The van der Waals surface area contributed by atoms with Gasteiger partial charge in [-0.3, -0.25) is 14.2 Å². The van der Waals surface area contributed by atoms with Gasteiger partial charge in [-0.25, -0.2) is 4.98 Å². The first-order valence-electron chi connectivity index (χ1n) is 9.57. The Hall–Kier alpha value is -3.62. The summed E-state index contributed by atoms with van der Waals surface area (Å²) in [7, 11) is 1.35. The first-order valence-corrected chi connectivity index (χ1v) is 9.94. The number of aromatic nitrogens is 2. The number of nitrogens with one attached hydrogen (secondary N) is 1. The van der Waals surface area contributed by atoms with Crippen LogP contribution in [0.4, 0.5) is 13.2 Å². The fraction of sp³-hybridized carbons (Fsp3) is 0.273. The number of likely N-dealkylation sites (N-methyl/N-ethyl adjacent to an activating group) is 1. The maximum atomic E-state index is 13.5. The third kappa shape index (κ3) is 6.46. The molecular formula is C22H20ClF3N4O4. The zero-order valence-electron chi connectivity index (χ0n) is 18.3. The molecule has 0 radical (unpaired) electrons. The molecular weight excluding hydrogens is 477 g/mol. The lowest BCUT2D eigenvalue weighted by atomic mass is 9.95. The van der Waals surface area contributed by atoms with Gasteiger partial charge in [0.2, 0.25) is 11.7 Å². The Labute approximate surface area is 197 Å². The minimum absolute atomic E-state index is 0.00661. The highest BCUT2D eigenvalue weighted by Crippen LogP contribution is 2.35. The lowest BCUT2D eigenvalue weighted by Gasteiger charge is -2.21. The van der Waals surface area contributed by atoms with Gasteiger partial charge < -0.3 is 15.2 Å². The molecule has 8 nitrogen and oxygen atoms in total. The summed E-state index contributed by atoms with van der Waals surface area (Å²) in [5.41, 5.74) is -4.29. The third-order valence-corrected chi connectivity index (χ3v) is 4.56. The third-order valence-electron chi connectivity index (χ3n) is 4.34. The molecule has 0 spiro atoms. The van der Waals surface area contributed by atoms with Crippen LogP contribution in [0, 0.1) is 11.3 Å². The van der Waals surface area contributed by atoms with Crippen molar-refractivity contribution in [2.75, 3.05) is 7.05 Å². The largest absolute Gasteiger partial charge is 0.449 e. The van der Waals surface area contributed by atoms with E-state index in [2.05, 4.69) is 16.9 Å². The second-order valence-corrected chi connectivity index (χ2v) is 8.03. The van der Waals surface area contributed by atoms with E-state index in [0.717, 1.165) is 16.7 Å². The lowest BCUT2D eigenvalue weighted by molar-refractivity contribution is -0.142. The fourth-order valence-corrected chi connectivity index (χ4v) is 3.03. The molecule has 2 rings (SSSR count). The molecule has 0 unspecified atom stereocenters. The van der Waals surface area contributed by atoms with Crippen LogP contribution in [-0.4, -0.2) is 33.2 Å². The lowest BCUT2D eigenvalue weighted by Crippen LogP contribution is -2.34. The highest BCUT2D eigenvalue weighted by Gasteiger charge is 2.39. The van der Waals surface area contributed by atoms with Crippen LogP contribution in [0.25, 0.3) is 0 Å². The van der Waals surface area contributed by atoms with E-state index in [1.54, 1.807) is 6.07 Å². The summed E-state index contributed by atoms with van der Waals surface area (Å²) in [4.78, 5) is 28.3. The van der Waals surface area contributed by atoms with Gasteiger partial charge in [-0.15, -0.1) is 0 Å². The van der Waals surface area contributed by atoms with Gasteiger partial charge in [0.25, 0.3) is 5.56 Å². The number of nitriles is 1. The molecule has 0 aliphatic carbocycles.